The molecule has 0 atom stereocenters. The first-order valence-electron chi connectivity index (χ1n) is 6.72. The van der Waals surface area contributed by atoms with Gasteiger partial charge in [-0.15, -0.1) is 21.5 Å². The number of carbonyl (C=O) groups is 1. The van der Waals surface area contributed by atoms with Crippen LogP contribution in [0.15, 0.2) is 11.8 Å². The van der Waals surface area contributed by atoms with Crippen molar-refractivity contribution < 1.29 is 9.53 Å². The SMILES string of the molecule is COCCn1cnnc1CNC(=O)CCc1scnc1C. The van der Waals surface area contributed by atoms with Gasteiger partial charge < -0.3 is 14.6 Å². The van der Waals surface area contributed by atoms with Crippen molar-refractivity contribution in [1.29, 1.82) is 0 Å². The van der Waals surface area contributed by atoms with Gasteiger partial charge in [0.1, 0.15) is 6.33 Å². The van der Waals surface area contributed by atoms with Crippen LogP contribution in [0.2, 0.25) is 0 Å². The summed E-state index contributed by atoms with van der Waals surface area (Å²) >= 11 is 1.59. The van der Waals surface area contributed by atoms with Crippen LogP contribution in [0.1, 0.15) is 22.8 Å². The molecular formula is C13H19N5O2S. The van der Waals surface area contributed by atoms with Crippen molar-refractivity contribution in [2.24, 2.45) is 0 Å². The fourth-order valence-electron chi connectivity index (χ4n) is 1.85. The van der Waals surface area contributed by atoms with Crippen LogP contribution in [0.25, 0.3) is 0 Å². The van der Waals surface area contributed by atoms with Gasteiger partial charge in [-0.1, -0.05) is 0 Å². The van der Waals surface area contributed by atoms with E-state index in [1.165, 1.54) is 0 Å². The van der Waals surface area contributed by atoms with Crippen LogP contribution in [0.4, 0.5) is 0 Å². The van der Waals surface area contributed by atoms with E-state index < -0.39 is 0 Å². The predicted octanol–water partition coefficient (Wildman–Crippen LogP) is 0.938. The molecule has 0 saturated carbocycles. The fraction of sp³-hybridized carbons (Fsp3) is 0.538. The Balaban J connectivity index is 1.76. The number of hydrogen-bond acceptors (Lipinski definition) is 6. The minimum atomic E-state index is 0.00379. The molecule has 0 aromatic carbocycles. The number of nitrogens with zero attached hydrogens (tertiary/aromatic N) is 4. The molecule has 0 bridgehead atoms. The third-order valence-electron chi connectivity index (χ3n) is 3.10. The van der Waals surface area contributed by atoms with Crippen molar-refractivity contribution in [2.75, 3.05) is 13.7 Å². The highest BCUT2D eigenvalue weighted by atomic mass is 32.1. The van der Waals surface area contributed by atoms with Crippen LogP contribution < -0.4 is 5.32 Å². The molecule has 0 aliphatic carbocycles. The maximum atomic E-state index is 11.9. The lowest BCUT2D eigenvalue weighted by molar-refractivity contribution is -0.121. The molecular weight excluding hydrogens is 290 g/mol. The van der Waals surface area contributed by atoms with Gasteiger partial charge in [0, 0.05) is 25.0 Å². The van der Waals surface area contributed by atoms with Gasteiger partial charge in [-0.05, 0) is 13.3 Å². The van der Waals surface area contributed by atoms with Crippen LogP contribution in [0.3, 0.4) is 0 Å². The second-order valence-electron chi connectivity index (χ2n) is 4.57. The number of thiazole rings is 1. The van der Waals surface area contributed by atoms with Gasteiger partial charge >= 0.3 is 0 Å². The van der Waals surface area contributed by atoms with E-state index in [4.69, 9.17) is 4.74 Å². The lowest BCUT2D eigenvalue weighted by Crippen LogP contribution is -2.25. The Morgan fingerprint density at radius 2 is 2.38 bits per heavy atom. The summed E-state index contributed by atoms with van der Waals surface area (Å²) < 4.78 is 6.89. The second kappa shape index (κ2) is 7.84. The van der Waals surface area contributed by atoms with E-state index in [2.05, 4.69) is 20.5 Å². The van der Waals surface area contributed by atoms with E-state index in [0.717, 1.165) is 22.8 Å². The number of ether oxygens (including phenoxy) is 1. The molecule has 2 aromatic rings. The molecule has 0 saturated heterocycles. The zero-order valence-corrected chi connectivity index (χ0v) is 13.0. The molecule has 114 valence electrons. The van der Waals surface area contributed by atoms with Gasteiger partial charge in [-0.25, -0.2) is 4.98 Å². The van der Waals surface area contributed by atoms with Gasteiger partial charge in [-0.3, -0.25) is 4.79 Å². The molecule has 1 N–H and O–H groups in total. The van der Waals surface area contributed by atoms with E-state index in [1.54, 1.807) is 30.3 Å². The number of rotatable bonds is 8. The smallest absolute Gasteiger partial charge is 0.220 e. The Hall–Kier alpha value is -1.80. The maximum Gasteiger partial charge on any atom is 0.220 e. The zero-order chi connectivity index (χ0) is 15.1. The van der Waals surface area contributed by atoms with Crippen molar-refractivity contribution in [1.82, 2.24) is 25.1 Å². The topological polar surface area (TPSA) is 81.9 Å². The Morgan fingerprint density at radius 3 is 3.10 bits per heavy atom. The molecule has 2 heterocycles. The molecule has 7 nitrogen and oxygen atoms in total. The largest absolute Gasteiger partial charge is 0.383 e. The number of amides is 1. The Labute approximate surface area is 127 Å². The van der Waals surface area contributed by atoms with E-state index >= 15 is 0 Å². The highest BCUT2D eigenvalue weighted by molar-refractivity contribution is 7.09. The van der Waals surface area contributed by atoms with Crippen molar-refractivity contribution in [3.8, 4) is 0 Å². The third kappa shape index (κ3) is 4.61. The summed E-state index contributed by atoms with van der Waals surface area (Å²) in [6.07, 6.45) is 2.81. The summed E-state index contributed by atoms with van der Waals surface area (Å²) in [5.41, 5.74) is 2.81. The summed E-state index contributed by atoms with van der Waals surface area (Å²) in [7, 11) is 1.65. The standard InChI is InChI=1S/C13H19N5O2S/c1-10-11(21-9-15-10)3-4-13(19)14-7-12-17-16-8-18(12)5-6-20-2/h8-9H,3-7H2,1-2H3,(H,14,19). The Morgan fingerprint density at radius 1 is 1.52 bits per heavy atom. The molecule has 21 heavy (non-hydrogen) atoms. The van der Waals surface area contributed by atoms with E-state index in [0.29, 0.717) is 26.1 Å². The molecule has 2 aromatic heterocycles. The minimum absolute atomic E-state index is 0.00379. The summed E-state index contributed by atoms with van der Waals surface area (Å²) in [5.74, 6) is 0.735. The summed E-state index contributed by atoms with van der Waals surface area (Å²) in [4.78, 5) is 17.2. The van der Waals surface area contributed by atoms with Crippen LogP contribution in [0.5, 0.6) is 0 Å². The van der Waals surface area contributed by atoms with Crippen LogP contribution in [-0.2, 0) is 29.0 Å². The number of aromatic nitrogens is 4. The maximum absolute atomic E-state index is 11.9. The van der Waals surface area contributed by atoms with Crippen molar-refractivity contribution >= 4 is 17.2 Å². The van der Waals surface area contributed by atoms with Crippen molar-refractivity contribution in [3.05, 3.63) is 28.2 Å². The quantitative estimate of drug-likeness (QED) is 0.785. The molecule has 0 aliphatic rings. The van der Waals surface area contributed by atoms with E-state index in [-0.39, 0.29) is 5.91 Å². The Bertz CT molecular complexity index is 581. The van der Waals surface area contributed by atoms with Crippen LogP contribution in [0, 0.1) is 6.92 Å². The number of nitrogens with one attached hydrogen (secondary N) is 1. The molecule has 0 fully saturated rings. The van der Waals surface area contributed by atoms with Crippen LogP contribution >= 0.6 is 11.3 Å². The van der Waals surface area contributed by atoms with Gasteiger partial charge in [0.05, 0.1) is 24.4 Å². The zero-order valence-electron chi connectivity index (χ0n) is 12.2. The molecule has 1 amide bonds. The molecule has 0 spiro atoms. The first kappa shape index (κ1) is 15.6. The van der Waals surface area contributed by atoms with Gasteiger partial charge in [-0.2, -0.15) is 0 Å². The first-order chi connectivity index (χ1) is 10.2. The molecule has 2 rings (SSSR count). The van der Waals surface area contributed by atoms with Crippen LogP contribution in [-0.4, -0.2) is 39.4 Å². The van der Waals surface area contributed by atoms with Crippen molar-refractivity contribution in [2.45, 2.75) is 32.9 Å². The summed E-state index contributed by atoms with van der Waals surface area (Å²) in [5, 5.41) is 10.7. The van der Waals surface area contributed by atoms with Gasteiger partial charge in [0.15, 0.2) is 5.82 Å². The predicted molar refractivity (Wildman–Crippen MR) is 78.9 cm³/mol. The third-order valence-corrected chi connectivity index (χ3v) is 4.09. The second-order valence-corrected chi connectivity index (χ2v) is 5.51. The average molecular weight is 309 g/mol. The number of methoxy groups -OCH3 is 1. The highest BCUT2D eigenvalue weighted by Gasteiger charge is 2.08. The minimum Gasteiger partial charge on any atom is -0.383 e. The van der Waals surface area contributed by atoms with Crippen molar-refractivity contribution in [3.63, 3.8) is 0 Å². The number of aryl methyl sites for hydroxylation is 2. The summed E-state index contributed by atoms with van der Waals surface area (Å²) in [6, 6.07) is 0. The lowest BCUT2D eigenvalue weighted by atomic mass is 10.2. The Kier molecular flexibility index (Phi) is 5.82. The number of hydrogen-bond donors (Lipinski definition) is 1. The highest BCUT2D eigenvalue weighted by Crippen LogP contribution is 2.14. The lowest BCUT2D eigenvalue weighted by Gasteiger charge is -2.07. The molecule has 8 heteroatoms. The monoisotopic (exact) mass is 309 g/mol. The average Bonchev–Trinajstić information content (AvgIpc) is 3.09. The molecule has 0 aliphatic heterocycles. The molecule has 0 radical (unpaired) electrons. The first-order valence-corrected chi connectivity index (χ1v) is 7.60. The summed E-state index contributed by atoms with van der Waals surface area (Å²) in [6.45, 7) is 3.60. The normalized spacial score (nSPS) is 10.8. The fourth-order valence-corrected chi connectivity index (χ4v) is 2.63. The van der Waals surface area contributed by atoms with Gasteiger partial charge in [0.2, 0.25) is 5.91 Å². The van der Waals surface area contributed by atoms with E-state index in [9.17, 15) is 4.79 Å². The number of carbonyl (C=O) groups excluding carboxylic acids is 1. The van der Waals surface area contributed by atoms with Gasteiger partial charge in [0.25, 0.3) is 0 Å². The molecule has 0 unspecified atom stereocenters. The van der Waals surface area contributed by atoms with E-state index in [1.807, 2.05) is 11.5 Å².